The van der Waals surface area contributed by atoms with Crippen molar-refractivity contribution in [1.82, 2.24) is 14.7 Å². The molecule has 0 spiro atoms. The molecule has 7 heteroatoms. The summed E-state index contributed by atoms with van der Waals surface area (Å²) in [5, 5.41) is 4.76. The number of aromatic nitrogens is 2. The highest BCUT2D eigenvalue weighted by Gasteiger charge is 2.16. The van der Waals surface area contributed by atoms with Gasteiger partial charge in [0.1, 0.15) is 23.9 Å². The van der Waals surface area contributed by atoms with E-state index < -0.39 is 5.82 Å². The van der Waals surface area contributed by atoms with Gasteiger partial charge in [0, 0.05) is 18.3 Å². The first-order chi connectivity index (χ1) is 12.5. The molecule has 0 atom stereocenters. The number of halogens is 2. The summed E-state index contributed by atoms with van der Waals surface area (Å²) in [4.78, 5) is 13.9. The van der Waals surface area contributed by atoms with Crippen LogP contribution in [0.15, 0.2) is 60.8 Å². The lowest BCUT2D eigenvalue weighted by Crippen LogP contribution is -2.31. The molecule has 0 bridgehead atoms. The summed E-state index contributed by atoms with van der Waals surface area (Å²) in [7, 11) is 1.66. The predicted molar refractivity (Wildman–Crippen MR) is 97.4 cm³/mol. The van der Waals surface area contributed by atoms with E-state index in [4.69, 9.17) is 16.3 Å². The van der Waals surface area contributed by atoms with Crippen molar-refractivity contribution in [2.75, 3.05) is 20.2 Å². The minimum absolute atomic E-state index is 0.235. The van der Waals surface area contributed by atoms with E-state index in [-0.39, 0.29) is 11.6 Å². The maximum absolute atomic E-state index is 13.8. The summed E-state index contributed by atoms with van der Waals surface area (Å²) in [6.45, 7) is 0.689. The molecule has 0 unspecified atom stereocenters. The number of benzene rings is 2. The summed E-state index contributed by atoms with van der Waals surface area (Å²) >= 11 is 5.90. The molecule has 1 aromatic heterocycles. The van der Waals surface area contributed by atoms with Crippen molar-refractivity contribution in [2.24, 2.45) is 0 Å². The van der Waals surface area contributed by atoms with Gasteiger partial charge in [-0.1, -0.05) is 29.8 Å². The topological polar surface area (TPSA) is 47.4 Å². The van der Waals surface area contributed by atoms with Crippen LogP contribution in [0.5, 0.6) is 5.75 Å². The van der Waals surface area contributed by atoms with Crippen molar-refractivity contribution in [3.63, 3.8) is 0 Å². The Labute approximate surface area is 155 Å². The number of hydrogen-bond donors (Lipinski definition) is 0. The molecule has 0 fully saturated rings. The van der Waals surface area contributed by atoms with Crippen LogP contribution < -0.4 is 4.74 Å². The number of para-hydroxylation sites is 1. The quantitative estimate of drug-likeness (QED) is 0.660. The Morgan fingerprint density at radius 3 is 2.81 bits per heavy atom. The molecule has 0 aliphatic rings. The Kier molecular flexibility index (Phi) is 5.53. The maximum Gasteiger partial charge on any atom is 0.274 e. The number of nitrogens with zero attached hydrogens (tertiary/aromatic N) is 3. The minimum Gasteiger partial charge on any atom is -0.492 e. The van der Waals surface area contributed by atoms with E-state index in [1.54, 1.807) is 61.8 Å². The van der Waals surface area contributed by atoms with Gasteiger partial charge >= 0.3 is 0 Å². The molecule has 0 aliphatic carbocycles. The maximum atomic E-state index is 13.8. The highest BCUT2D eigenvalue weighted by Crippen LogP contribution is 2.17. The Morgan fingerprint density at radius 1 is 1.23 bits per heavy atom. The van der Waals surface area contributed by atoms with Crippen LogP contribution >= 0.6 is 11.6 Å². The molecule has 5 nitrogen and oxygen atoms in total. The molecule has 2 aromatic carbocycles. The fourth-order valence-electron chi connectivity index (χ4n) is 2.36. The number of likely N-dealkylation sites (N-methyl/N-ethyl adjacent to an activating group) is 1. The van der Waals surface area contributed by atoms with Gasteiger partial charge in [-0.05, 0) is 36.4 Å². The molecule has 0 aliphatic heterocycles. The van der Waals surface area contributed by atoms with Gasteiger partial charge in [0.05, 0.1) is 6.54 Å². The lowest BCUT2D eigenvalue weighted by molar-refractivity contribution is 0.0767. The van der Waals surface area contributed by atoms with E-state index in [1.807, 2.05) is 0 Å². The number of ether oxygens (including phenoxy) is 1. The van der Waals surface area contributed by atoms with Gasteiger partial charge in [0.25, 0.3) is 5.91 Å². The highest BCUT2D eigenvalue weighted by atomic mass is 35.5. The molecule has 1 heterocycles. The molecule has 3 aromatic rings. The fourth-order valence-corrected chi connectivity index (χ4v) is 2.54. The van der Waals surface area contributed by atoms with Gasteiger partial charge in [0.15, 0.2) is 5.69 Å². The summed E-state index contributed by atoms with van der Waals surface area (Å²) in [6.07, 6.45) is 1.56. The van der Waals surface area contributed by atoms with E-state index in [9.17, 15) is 9.18 Å². The number of carbonyl (C=O) groups is 1. The first-order valence-corrected chi connectivity index (χ1v) is 8.37. The fraction of sp³-hybridized carbons (Fsp3) is 0.158. The van der Waals surface area contributed by atoms with E-state index in [1.165, 1.54) is 15.6 Å². The van der Waals surface area contributed by atoms with E-state index in [2.05, 4.69) is 5.10 Å². The molecular formula is C19H17ClFN3O2. The molecule has 0 N–H and O–H groups in total. The molecule has 0 saturated heterocycles. The van der Waals surface area contributed by atoms with Crippen LogP contribution in [0.1, 0.15) is 10.5 Å². The average molecular weight is 374 g/mol. The SMILES string of the molecule is CN(CCOc1cccc(Cl)c1)C(=O)c1ccn(-c2ccccc2F)n1. The Morgan fingerprint density at radius 2 is 2.04 bits per heavy atom. The second kappa shape index (κ2) is 8.01. The highest BCUT2D eigenvalue weighted by molar-refractivity contribution is 6.30. The van der Waals surface area contributed by atoms with Crippen LogP contribution in [0.4, 0.5) is 4.39 Å². The molecule has 134 valence electrons. The second-order valence-corrected chi connectivity index (χ2v) is 6.07. The number of amides is 1. The second-order valence-electron chi connectivity index (χ2n) is 5.63. The van der Waals surface area contributed by atoms with Crippen LogP contribution in [0, 0.1) is 5.82 Å². The van der Waals surface area contributed by atoms with Gasteiger partial charge in [0.2, 0.25) is 0 Å². The summed E-state index contributed by atoms with van der Waals surface area (Å²) in [5.41, 5.74) is 0.525. The van der Waals surface area contributed by atoms with Gasteiger partial charge in [-0.15, -0.1) is 0 Å². The number of rotatable bonds is 6. The third-order valence-electron chi connectivity index (χ3n) is 3.75. The van der Waals surface area contributed by atoms with Crippen molar-refractivity contribution < 1.29 is 13.9 Å². The predicted octanol–water partition coefficient (Wildman–Crippen LogP) is 3.82. The molecule has 26 heavy (non-hydrogen) atoms. The number of hydrogen-bond acceptors (Lipinski definition) is 3. The smallest absolute Gasteiger partial charge is 0.274 e. The Balaban J connectivity index is 1.59. The zero-order valence-electron chi connectivity index (χ0n) is 14.1. The third-order valence-corrected chi connectivity index (χ3v) is 3.98. The molecule has 3 rings (SSSR count). The molecule has 0 saturated carbocycles. The lowest BCUT2D eigenvalue weighted by atomic mass is 10.3. The first kappa shape index (κ1) is 17.9. The average Bonchev–Trinajstić information content (AvgIpc) is 3.11. The van der Waals surface area contributed by atoms with Crippen molar-refractivity contribution in [3.8, 4) is 11.4 Å². The van der Waals surface area contributed by atoms with Crippen molar-refractivity contribution in [2.45, 2.75) is 0 Å². The molecule has 1 amide bonds. The zero-order valence-corrected chi connectivity index (χ0v) is 14.9. The van der Waals surface area contributed by atoms with Gasteiger partial charge < -0.3 is 9.64 Å². The summed E-state index contributed by atoms with van der Waals surface area (Å²) in [6, 6.07) is 14.9. The number of carbonyl (C=O) groups excluding carboxylic acids is 1. The zero-order chi connectivity index (χ0) is 18.5. The van der Waals surface area contributed by atoms with Gasteiger partial charge in [-0.25, -0.2) is 9.07 Å². The van der Waals surface area contributed by atoms with E-state index in [0.29, 0.717) is 29.6 Å². The standard InChI is InChI=1S/C19H17ClFN3O2/c1-23(11-12-26-15-6-4-5-14(20)13-15)19(25)17-9-10-24(22-17)18-8-3-2-7-16(18)21/h2-10,13H,11-12H2,1H3. The first-order valence-electron chi connectivity index (χ1n) is 7.99. The van der Waals surface area contributed by atoms with Crippen molar-refractivity contribution >= 4 is 17.5 Å². The van der Waals surface area contributed by atoms with Crippen LogP contribution in [-0.4, -0.2) is 40.8 Å². The molecular weight excluding hydrogens is 357 g/mol. The lowest BCUT2D eigenvalue weighted by Gasteiger charge is -2.16. The Bertz CT molecular complexity index is 913. The van der Waals surface area contributed by atoms with Crippen LogP contribution in [-0.2, 0) is 0 Å². The van der Waals surface area contributed by atoms with E-state index in [0.717, 1.165) is 0 Å². The van der Waals surface area contributed by atoms with E-state index >= 15 is 0 Å². The van der Waals surface area contributed by atoms with Crippen LogP contribution in [0.25, 0.3) is 5.69 Å². The van der Waals surface area contributed by atoms with Crippen LogP contribution in [0.2, 0.25) is 5.02 Å². The van der Waals surface area contributed by atoms with Crippen LogP contribution in [0.3, 0.4) is 0 Å². The third kappa shape index (κ3) is 4.21. The van der Waals surface area contributed by atoms with Crippen molar-refractivity contribution in [1.29, 1.82) is 0 Å². The Hall–Kier alpha value is -2.86. The van der Waals surface area contributed by atoms with Gasteiger partial charge in [-0.2, -0.15) is 5.10 Å². The minimum atomic E-state index is -0.405. The largest absolute Gasteiger partial charge is 0.492 e. The molecule has 0 radical (unpaired) electrons. The summed E-state index contributed by atoms with van der Waals surface area (Å²) in [5.74, 6) is -0.0326. The van der Waals surface area contributed by atoms with Crippen molar-refractivity contribution in [3.05, 3.63) is 77.3 Å². The normalized spacial score (nSPS) is 10.6. The summed E-state index contributed by atoms with van der Waals surface area (Å²) < 4.78 is 20.7. The monoisotopic (exact) mass is 373 g/mol. The van der Waals surface area contributed by atoms with Gasteiger partial charge in [-0.3, -0.25) is 4.79 Å².